The van der Waals surface area contributed by atoms with Crippen LogP contribution in [0, 0.1) is 0 Å². The van der Waals surface area contributed by atoms with Crippen LogP contribution in [0.1, 0.15) is 5.56 Å². The Morgan fingerprint density at radius 3 is 3.07 bits per heavy atom. The monoisotopic (exact) mass is 271 g/mol. The maximum absolute atomic E-state index is 5.55. The summed E-state index contributed by atoms with van der Waals surface area (Å²) in [6.07, 6.45) is 1.10. The Balaban J connectivity index is 2.05. The normalized spacial score (nSPS) is 14.1. The van der Waals surface area contributed by atoms with E-state index in [2.05, 4.69) is 32.2 Å². The van der Waals surface area contributed by atoms with Crippen LogP contribution in [0.4, 0.5) is 5.69 Å². The van der Waals surface area contributed by atoms with E-state index in [1.807, 2.05) is 6.07 Å². The van der Waals surface area contributed by atoms with E-state index in [-0.39, 0.29) is 0 Å². The van der Waals surface area contributed by atoms with Crippen molar-refractivity contribution in [3.05, 3.63) is 23.8 Å². The van der Waals surface area contributed by atoms with Crippen molar-refractivity contribution in [3.63, 3.8) is 0 Å². The lowest BCUT2D eigenvalue weighted by atomic mass is 10.1. The molecule has 0 fully saturated rings. The smallest absolute Gasteiger partial charge is 0.121 e. The molecule has 1 aliphatic heterocycles. The number of rotatable bonds is 4. The van der Waals surface area contributed by atoms with E-state index in [9.17, 15) is 0 Å². The molecule has 0 aliphatic carbocycles. The summed E-state index contributed by atoms with van der Waals surface area (Å²) < 4.78 is 12.6. The number of halogens is 1. The molecule has 2 rings (SSSR count). The van der Waals surface area contributed by atoms with Crippen molar-refractivity contribution >= 4 is 21.8 Å². The van der Waals surface area contributed by atoms with Crippen LogP contribution >= 0.6 is 16.1 Å². The molecule has 3 nitrogen and oxygen atoms in total. The molecule has 0 saturated carbocycles. The standard InChI is InChI=1S/C11H14BrNO2/c1-14-6-7-15-10-3-2-9-4-5-13(12)11(9)8-10/h2-3,8H,4-7H2,1H3. The maximum atomic E-state index is 5.55. The molecule has 0 spiro atoms. The Kier molecular flexibility index (Phi) is 3.49. The van der Waals surface area contributed by atoms with Gasteiger partial charge in [0.25, 0.3) is 0 Å². The molecule has 15 heavy (non-hydrogen) atoms. The van der Waals surface area contributed by atoms with Gasteiger partial charge in [0.05, 0.1) is 12.3 Å². The molecule has 0 amide bonds. The fraction of sp³-hybridized carbons (Fsp3) is 0.455. The lowest BCUT2D eigenvalue weighted by Crippen LogP contribution is -2.05. The number of hydrogen-bond donors (Lipinski definition) is 0. The second kappa shape index (κ2) is 4.86. The van der Waals surface area contributed by atoms with Gasteiger partial charge >= 0.3 is 0 Å². The summed E-state index contributed by atoms with van der Waals surface area (Å²) >= 11 is 3.51. The summed E-state index contributed by atoms with van der Waals surface area (Å²) in [4.78, 5) is 0. The van der Waals surface area contributed by atoms with Crippen molar-refractivity contribution in [1.82, 2.24) is 0 Å². The molecule has 0 saturated heterocycles. The second-order valence-corrected chi connectivity index (χ2v) is 4.32. The number of methoxy groups -OCH3 is 1. The van der Waals surface area contributed by atoms with Gasteiger partial charge in [-0.1, -0.05) is 6.07 Å². The molecule has 1 heterocycles. The van der Waals surface area contributed by atoms with Crippen molar-refractivity contribution in [2.45, 2.75) is 6.42 Å². The third-order valence-electron chi connectivity index (χ3n) is 2.45. The molecule has 1 aromatic carbocycles. The molecule has 82 valence electrons. The van der Waals surface area contributed by atoms with E-state index in [1.165, 1.54) is 11.3 Å². The summed E-state index contributed by atoms with van der Waals surface area (Å²) in [5, 5.41) is 0. The predicted molar refractivity (Wildman–Crippen MR) is 63.8 cm³/mol. The molecule has 0 unspecified atom stereocenters. The zero-order valence-electron chi connectivity index (χ0n) is 8.70. The topological polar surface area (TPSA) is 21.7 Å². The first-order valence-electron chi connectivity index (χ1n) is 4.99. The number of benzene rings is 1. The average Bonchev–Trinajstić information content (AvgIpc) is 2.61. The van der Waals surface area contributed by atoms with E-state index in [4.69, 9.17) is 9.47 Å². The molecular weight excluding hydrogens is 258 g/mol. The fourth-order valence-electron chi connectivity index (χ4n) is 1.65. The zero-order valence-corrected chi connectivity index (χ0v) is 10.3. The van der Waals surface area contributed by atoms with Crippen molar-refractivity contribution in [2.75, 3.05) is 30.8 Å². The first kappa shape index (κ1) is 10.8. The largest absolute Gasteiger partial charge is 0.491 e. The molecule has 0 atom stereocenters. The Morgan fingerprint density at radius 1 is 1.40 bits per heavy atom. The zero-order chi connectivity index (χ0) is 10.7. The van der Waals surface area contributed by atoms with Gasteiger partial charge in [0, 0.05) is 35.9 Å². The van der Waals surface area contributed by atoms with Crippen molar-refractivity contribution < 1.29 is 9.47 Å². The fourth-order valence-corrected chi connectivity index (χ4v) is 2.16. The molecular formula is C11H14BrNO2. The maximum Gasteiger partial charge on any atom is 0.121 e. The number of anilines is 1. The summed E-state index contributed by atoms with van der Waals surface area (Å²) in [7, 11) is 1.67. The molecule has 4 heteroatoms. The van der Waals surface area contributed by atoms with Crippen LogP contribution in [0.2, 0.25) is 0 Å². The molecule has 0 bridgehead atoms. The predicted octanol–water partition coefficient (Wildman–Crippen LogP) is 2.38. The Hall–Kier alpha value is -0.740. The molecule has 1 aromatic rings. The van der Waals surface area contributed by atoms with Gasteiger partial charge in [-0.05, 0) is 18.1 Å². The van der Waals surface area contributed by atoms with Crippen LogP contribution in [0.15, 0.2) is 18.2 Å². The van der Waals surface area contributed by atoms with Crippen LogP contribution in [0.5, 0.6) is 5.75 Å². The lowest BCUT2D eigenvalue weighted by molar-refractivity contribution is 0.146. The molecule has 0 N–H and O–H groups in total. The highest BCUT2D eigenvalue weighted by molar-refractivity contribution is 9.10. The van der Waals surface area contributed by atoms with Gasteiger partial charge < -0.3 is 13.4 Å². The van der Waals surface area contributed by atoms with E-state index < -0.39 is 0 Å². The van der Waals surface area contributed by atoms with E-state index in [0.717, 1.165) is 18.7 Å². The van der Waals surface area contributed by atoms with Crippen LogP contribution in [-0.4, -0.2) is 26.9 Å². The number of nitrogens with zero attached hydrogens (tertiary/aromatic N) is 1. The number of ether oxygens (including phenoxy) is 2. The minimum absolute atomic E-state index is 0.595. The number of hydrogen-bond acceptors (Lipinski definition) is 3. The Morgan fingerprint density at radius 2 is 2.27 bits per heavy atom. The van der Waals surface area contributed by atoms with Gasteiger partial charge in [0.2, 0.25) is 0 Å². The Bertz CT molecular complexity index is 343. The summed E-state index contributed by atoms with van der Waals surface area (Å²) in [5.41, 5.74) is 2.58. The van der Waals surface area contributed by atoms with E-state index in [0.29, 0.717) is 13.2 Å². The van der Waals surface area contributed by atoms with Crippen LogP contribution in [0.25, 0.3) is 0 Å². The van der Waals surface area contributed by atoms with E-state index >= 15 is 0 Å². The van der Waals surface area contributed by atoms with Crippen LogP contribution in [-0.2, 0) is 11.2 Å². The summed E-state index contributed by atoms with van der Waals surface area (Å²) in [5.74, 6) is 0.900. The SMILES string of the molecule is COCCOc1ccc2c(c1)N(Br)CC2. The first-order chi connectivity index (χ1) is 7.31. The van der Waals surface area contributed by atoms with Gasteiger partial charge in [-0.2, -0.15) is 0 Å². The van der Waals surface area contributed by atoms with Gasteiger partial charge in [0.15, 0.2) is 0 Å². The Labute approximate surface area is 98.3 Å². The van der Waals surface area contributed by atoms with Crippen LogP contribution < -0.4 is 8.66 Å². The average molecular weight is 272 g/mol. The van der Waals surface area contributed by atoms with Gasteiger partial charge in [-0.25, -0.2) is 0 Å². The highest BCUT2D eigenvalue weighted by Gasteiger charge is 2.17. The van der Waals surface area contributed by atoms with Crippen LogP contribution in [0.3, 0.4) is 0 Å². The van der Waals surface area contributed by atoms with Crippen molar-refractivity contribution in [1.29, 1.82) is 0 Å². The quantitative estimate of drug-likeness (QED) is 0.620. The minimum Gasteiger partial charge on any atom is -0.491 e. The molecule has 0 aromatic heterocycles. The minimum atomic E-state index is 0.595. The third kappa shape index (κ3) is 2.44. The second-order valence-electron chi connectivity index (χ2n) is 3.47. The summed E-state index contributed by atoms with van der Waals surface area (Å²) in [6, 6.07) is 6.20. The number of fused-ring (bicyclic) bond motifs is 1. The van der Waals surface area contributed by atoms with Gasteiger partial charge in [-0.15, -0.1) is 0 Å². The van der Waals surface area contributed by atoms with Gasteiger partial charge in [-0.3, -0.25) is 0 Å². The highest BCUT2D eigenvalue weighted by Crippen LogP contribution is 2.33. The van der Waals surface area contributed by atoms with Crippen molar-refractivity contribution in [3.8, 4) is 5.75 Å². The van der Waals surface area contributed by atoms with E-state index in [1.54, 1.807) is 7.11 Å². The highest BCUT2D eigenvalue weighted by atomic mass is 79.9. The molecule has 0 radical (unpaired) electrons. The van der Waals surface area contributed by atoms with Gasteiger partial charge in [0.1, 0.15) is 12.4 Å². The lowest BCUT2D eigenvalue weighted by Gasteiger charge is -2.11. The molecule has 1 aliphatic rings. The first-order valence-corrected chi connectivity index (χ1v) is 5.70. The van der Waals surface area contributed by atoms with Crippen molar-refractivity contribution in [2.24, 2.45) is 0 Å². The summed E-state index contributed by atoms with van der Waals surface area (Å²) in [6.45, 7) is 2.24. The third-order valence-corrected chi connectivity index (χ3v) is 3.19.